The molecule has 0 amide bonds. The van der Waals surface area contributed by atoms with E-state index in [-0.39, 0.29) is 18.5 Å². The molecule has 0 bridgehead atoms. The van der Waals surface area contributed by atoms with Gasteiger partial charge in [-0.05, 0) is 19.3 Å². The van der Waals surface area contributed by atoms with Crippen LogP contribution in [-0.4, -0.2) is 36.9 Å². The third-order valence-corrected chi connectivity index (χ3v) is 4.09. The Balaban J connectivity index is 3.26. The molecular weight excluding hydrogens is 320 g/mol. The molecule has 0 saturated carbocycles. The molecule has 25 heavy (non-hydrogen) atoms. The Morgan fingerprint density at radius 1 is 0.640 bits per heavy atom. The molecule has 0 aliphatic heterocycles. The molecule has 148 valence electrons. The van der Waals surface area contributed by atoms with E-state index in [4.69, 9.17) is 14.6 Å². The maximum atomic E-state index is 11.6. The SMILES string of the molecule is CCCCCCCCCOC(=O)CCCCCCC(=O)OCCCO. The highest BCUT2D eigenvalue weighted by Crippen LogP contribution is 2.09. The first-order chi connectivity index (χ1) is 12.2. The van der Waals surface area contributed by atoms with Gasteiger partial charge < -0.3 is 14.6 Å². The van der Waals surface area contributed by atoms with Gasteiger partial charge in [0.15, 0.2) is 0 Å². The smallest absolute Gasteiger partial charge is 0.305 e. The molecule has 0 heterocycles. The first kappa shape index (κ1) is 23.9. The predicted molar refractivity (Wildman–Crippen MR) is 99.3 cm³/mol. The third-order valence-electron chi connectivity index (χ3n) is 4.09. The number of ether oxygens (including phenoxy) is 2. The van der Waals surface area contributed by atoms with Crippen molar-refractivity contribution in [3.63, 3.8) is 0 Å². The van der Waals surface area contributed by atoms with Gasteiger partial charge in [-0.25, -0.2) is 0 Å². The normalized spacial score (nSPS) is 10.6. The molecule has 1 N–H and O–H groups in total. The van der Waals surface area contributed by atoms with Gasteiger partial charge in [-0.2, -0.15) is 0 Å². The number of carbonyl (C=O) groups excluding carboxylic acids is 2. The number of aliphatic hydroxyl groups excluding tert-OH is 1. The second-order valence-corrected chi connectivity index (χ2v) is 6.55. The predicted octanol–water partition coefficient (Wildman–Crippen LogP) is 4.55. The number of unbranched alkanes of at least 4 members (excludes halogenated alkanes) is 9. The summed E-state index contributed by atoms with van der Waals surface area (Å²) < 4.78 is 10.2. The van der Waals surface area contributed by atoms with Crippen LogP contribution in [0, 0.1) is 0 Å². The molecule has 0 saturated heterocycles. The lowest BCUT2D eigenvalue weighted by Crippen LogP contribution is -2.07. The summed E-state index contributed by atoms with van der Waals surface area (Å²) in [6.07, 6.45) is 13.4. The number of carbonyl (C=O) groups is 2. The van der Waals surface area contributed by atoms with E-state index >= 15 is 0 Å². The molecule has 0 fully saturated rings. The monoisotopic (exact) mass is 358 g/mol. The molecule has 5 heteroatoms. The molecule has 0 aromatic rings. The Kier molecular flexibility index (Phi) is 18.4. The Morgan fingerprint density at radius 3 is 1.60 bits per heavy atom. The second-order valence-electron chi connectivity index (χ2n) is 6.55. The molecule has 0 aliphatic carbocycles. The summed E-state index contributed by atoms with van der Waals surface area (Å²) in [5, 5.41) is 8.59. The van der Waals surface area contributed by atoms with Crippen LogP contribution in [0.2, 0.25) is 0 Å². The van der Waals surface area contributed by atoms with E-state index in [0.29, 0.717) is 32.5 Å². The summed E-state index contributed by atoms with van der Waals surface area (Å²) in [6, 6.07) is 0. The van der Waals surface area contributed by atoms with Crippen molar-refractivity contribution in [2.75, 3.05) is 19.8 Å². The minimum atomic E-state index is -0.206. The summed E-state index contributed by atoms with van der Waals surface area (Å²) in [7, 11) is 0. The number of hydrogen-bond acceptors (Lipinski definition) is 5. The summed E-state index contributed by atoms with van der Waals surface area (Å²) >= 11 is 0. The fourth-order valence-electron chi connectivity index (χ4n) is 2.53. The van der Waals surface area contributed by atoms with Crippen molar-refractivity contribution >= 4 is 11.9 Å². The average Bonchev–Trinajstić information content (AvgIpc) is 2.60. The molecule has 0 aromatic heterocycles. The second kappa shape index (κ2) is 19.2. The van der Waals surface area contributed by atoms with E-state index in [1.54, 1.807) is 0 Å². The van der Waals surface area contributed by atoms with Crippen LogP contribution in [0.5, 0.6) is 0 Å². The molecule has 0 aliphatic rings. The zero-order valence-corrected chi connectivity index (χ0v) is 16.1. The van der Waals surface area contributed by atoms with E-state index in [1.807, 2.05) is 0 Å². The fourth-order valence-corrected chi connectivity index (χ4v) is 2.53. The first-order valence-electron chi connectivity index (χ1n) is 10.1. The van der Waals surface area contributed by atoms with Crippen LogP contribution in [-0.2, 0) is 19.1 Å². The number of esters is 2. The van der Waals surface area contributed by atoms with Crippen LogP contribution in [0.3, 0.4) is 0 Å². The van der Waals surface area contributed by atoms with E-state index in [9.17, 15) is 9.59 Å². The summed E-state index contributed by atoms with van der Waals surface area (Å²) in [5.41, 5.74) is 0. The molecule has 0 atom stereocenters. The highest BCUT2D eigenvalue weighted by atomic mass is 16.5. The van der Waals surface area contributed by atoms with Crippen molar-refractivity contribution in [1.29, 1.82) is 0 Å². The number of rotatable bonds is 18. The van der Waals surface area contributed by atoms with Gasteiger partial charge in [0.05, 0.1) is 13.2 Å². The van der Waals surface area contributed by atoms with Crippen LogP contribution in [0.4, 0.5) is 0 Å². The Bertz CT molecular complexity index is 317. The summed E-state index contributed by atoms with van der Waals surface area (Å²) in [6.45, 7) is 3.10. The average molecular weight is 359 g/mol. The first-order valence-corrected chi connectivity index (χ1v) is 10.1. The van der Waals surface area contributed by atoms with Gasteiger partial charge in [-0.3, -0.25) is 9.59 Å². The highest BCUT2D eigenvalue weighted by Gasteiger charge is 2.04. The van der Waals surface area contributed by atoms with Gasteiger partial charge in [-0.15, -0.1) is 0 Å². The van der Waals surface area contributed by atoms with E-state index in [0.717, 1.165) is 38.5 Å². The minimum Gasteiger partial charge on any atom is -0.466 e. The zero-order valence-electron chi connectivity index (χ0n) is 16.1. The molecule has 5 nitrogen and oxygen atoms in total. The van der Waals surface area contributed by atoms with Crippen molar-refractivity contribution in [3.8, 4) is 0 Å². The Labute approximate surface area is 153 Å². The zero-order chi connectivity index (χ0) is 18.6. The van der Waals surface area contributed by atoms with Crippen LogP contribution in [0.25, 0.3) is 0 Å². The maximum Gasteiger partial charge on any atom is 0.305 e. The lowest BCUT2D eigenvalue weighted by molar-refractivity contribution is -0.145. The molecule has 0 spiro atoms. The molecule has 0 radical (unpaired) electrons. The van der Waals surface area contributed by atoms with Crippen LogP contribution >= 0.6 is 0 Å². The molecule has 0 rings (SSSR count). The van der Waals surface area contributed by atoms with Crippen molar-refractivity contribution < 1.29 is 24.2 Å². The van der Waals surface area contributed by atoms with Crippen molar-refractivity contribution in [3.05, 3.63) is 0 Å². The number of aliphatic hydroxyl groups is 1. The van der Waals surface area contributed by atoms with Crippen LogP contribution in [0.1, 0.15) is 96.8 Å². The van der Waals surface area contributed by atoms with Crippen molar-refractivity contribution in [1.82, 2.24) is 0 Å². The minimum absolute atomic E-state index is 0.0440. The summed E-state index contributed by atoms with van der Waals surface area (Å²) in [4.78, 5) is 22.9. The lowest BCUT2D eigenvalue weighted by atomic mass is 10.1. The van der Waals surface area contributed by atoms with Crippen molar-refractivity contribution in [2.45, 2.75) is 96.8 Å². The Morgan fingerprint density at radius 2 is 1.08 bits per heavy atom. The Hall–Kier alpha value is -1.10. The van der Waals surface area contributed by atoms with Gasteiger partial charge in [-0.1, -0.05) is 58.3 Å². The van der Waals surface area contributed by atoms with Gasteiger partial charge in [0.1, 0.15) is 0 Å². The summed E-state index contributed by atoms with van der Waals surface area (Å²) in [5.74, 6) is -0.308. The van der Waals surface area contributed by atoms with Gasteiger partial charge in [0.25, 0.3) is 0 Å². The lowest BCUT2D eigenvalue weighted by Gasteiger charge is -2.05. The van der Waals surface area contributed by atoms with Gasteiger partial charge in [0.2, 0.25) is 0 Å². The quantitative estimate of drug-likeness (QED) is 0.287. The van der Waals surface area contributed by atoms with E-state index in [1.165, 1.54) is 32.1 Å². The van der Waals surface area contributed by atoms with Gasteiger partial charge >= 0.3 is 11.9 Å². The third kappa shape index (κ3) is 19.1. The van der Waals surface area contributed by atoms with Gasteiger partial charge in [0, 0.05) is 25.9 Å². The van der Waals surface area contributed by atoms with Crippen molar-refractivity contribution in [2.24, 2.45) is 0 Å². The van der Waals surface area contributed by atoms with Crippen LogP contribution < -0.4 is 0 Å². The largest absolute Gasteiger partial charge is 0.466 e. The molecule has 0 aromatic carbocycles. The van der Waals surface area contributed by atoms with E-state index < -0.39 is 0 Å². The van der Waals surface area contributed by atoms with Crippen LogP contribution in [0.15, 0.2) is 0 Å². The standard InChI is InChI=1S/C20H38O5/c1-2-3-4-5-6-9-12-17-24-19(22)14-10-7-8-11-15-20(23)25-18-13-16-21/h21H,2-18H2,1H3. The molecular formula is C20H38O5. The fraction of sp³-hybridized carbons (Fsp3) is 0.900. The highest BCUT2D eigenvalue weighted by molar-refractivity contribution is 5.69. The topological polar surface area (TPSA) is 72.8 Å². The maximum absolute atomic E-state index is 11.6. The van der Waals surface area contributed by atoms with E-state index in [2.05, 4.69) is 6.92 Å². The molecule has 0 unspecified atom stereocenters. The number of hydrogen-bond donors (Lipinski definition) is 1.